The number of aliphatic hydroxyl groups is 1. The first-order chi connectivity index (χ1) is 4.20. The Bertz CT molecular complexity index is 119. The van der Waals surface area contributed by atoms with E-state index in [2.05, 4.69) is 4.74 Å². The largest absolute Gasteiger partial charge is 0.465 e. The van der Waals surface area contributed by atoms with Crippen molar-refractivity contribution in [2.75, 3.05) is 6.61 Å². The molecule has 1 heterocycles. The van der Waals surface area contributed by atoms with Crippen LogP contribution in [0.15, 0.2) is 0 Å². The molecule has 1 fully saturated rings. The molecule has 2 atom stereocenters. The maximum atomic E-state index is 10.4. The zero-order valence-corrected chi connectivity index (χ0v) is 5.33. The van der Waals surface area contributed by atoms with E-state index in [1.807, 2.05) is 0 Å². The Hall–Kier alpha value is -0.570. The van der Waals surface area contributed by atoms with Gasteiger partial charge in [-0.3, -0.25) is 4.79 Å². The van der Waals surface area contributed by atoms with Crippen molar-refractivity contribution in [3.8, 4) is 0 Å². The molecule has 9 heavy (non-hydrogen) atoms. The number of carbonyl (C=O) groups excluding carboxylic acids is 1. The number of carbonyl (C=O) groups is 1. The highest BCUT2D eigenvalue weighted by Gasteiger charge is 2.26. The molecule has 3 heteroatoms. The summed E-state index contributed by atoms with van der Waals surface area (Å²) in [6, 6.07) is 0. The fourth-order valence-corrected chi connectivity index (χ4v) is 0.842. The summed E-state index contributed by atoms with van der Waals surface area (Å²) in [4.78, 5) is 10.4. The maximum Gasteiger partial charge on any atom is 0.306 e. The molecule has 0 amide bonds. The Morgan fingerprint density at radius 2 is 2.56 bits per heavy atom. The first-order valence-corrected chi connectivity index (χ1v) is 3.04. The van der Waals surface area contributed by atoms with Gasteiger partial charge in [0.05, 0.1) is 19.1 Å². The third kappa shape index (κ3) is 1.42. The van der Waals surface area contributed by atoms with Crippen LogP contribution in [0.3, 0.4) is 0 Å². The Labute approximate surface area is 53.6 Å². The first kappa shape index (κ1) is 6.55. The third-order valence-corrected chi connectivity index (χ3v) is 1.57. The second kappa shape index (κ2) is 2.35. The van der Waals surface area contributed by atoms with E-state index >= 15 is 0 Å². The van der Waals surface area contributed by atoms with E-state index in [1.165, 1.54) is 0 Å². The predicted molar refractivity (Wildman–Crippen MR) is 30.7 cm³/mol. The number of ether oxygens (including phenoxy) is 1. The molecule has 0 aliphatic carbocycles. The summed E-state index contributed by atoms with van der Waals surface area (Å²) >= 11 is 0. The van der Waals surface area contributed by atoms with E-state index in [0.717, 1.165) is 0 Å². The summed E-state index contributed by atoms with van der Waals surface area (Å²) in [6.45, 7) is 2.06. The van der Waals surface area contributed by atoms with E-state index in [0.29, 0.717) is 13.0 Å². The minimum Gasteiger partial charge on any atom is -0.465 e. The van der Waals surface area contributed by atoms with Gasteiger partial charge in [-0.1, -0.05) is 0 Å². The number of hydrogen-bond donors (Lipinski definition) is 1. The molecule has 0 unspecified atom stereocenters. The lowest BCUT2D eigenvalue weighted by Crippen LogP contribution is -2.15. The molecule has 1 saturated heterocycles. The maximum absolute atomic E-state index is 10.4. The van der Waals surface area contributed by atoms with Gasteiger partial charge in [0, 0.05) is 5.92 Å². The van der Waals surface area contributed by atoms with Gasteiger partial charge in [0.25, 0.3) is 0 Å². The second-order valence-corrected chi connectivity index (χ2v) is 2.39. The quantitative estimate of drug-likeness (QED) is 0.505. The molecule has 0 spiro atoms. The van der Waals surface area contributed by atoms with Crippen molar-refractivity contribution < 1.29 is 14.6 Å². The molecule has 52 valence electrons. The van der Waals surface area contributed by atoms with Crippen molar-refractivity contribution >= 4 is 5.97 Å². The molecule has 0 saturated carbocycles. The average molecular weight is 130 g/mol. The SMILES string of the molecule is C[C@H](O)[C@H]1COC(=O)C1. The Morgan fingerprint density at radius 3 is 2.78 bits per heavy atom. The minimum atomic E-state index is -0.420. The highest BCUT2D eigenvalue weighted by Crippen LogP contribution is 2.16. The average Bonchev–Trinajstić information content (AvgIpc) is 2.14. The molecule has 0 aromatic carbocycles. The fraction of sp³-hybridized carbons (Fsp3) is 0.833. The zero-order valence-electron chi connectivity index (χ0n) is 5.33. The number of esters is 1. The molecule has 0 aromatic heterocycles. The molecule has 3 nitrogen and oxygen atoms in total. The van der Waals surface area contributed by atoms with Crippen molar-refractivity contribution in [2.45, 2.75) is 19.4 Å². The van der Waals surface area contributed by atoms with Gasteiger partial charge in [-0.2, -0.15) is 0 Å². The van der Waals surface area contributed by atoms with Crippen LogP contribution in [0.4, 0.5) is 0 Å². The normalized spacial score (nSPS) is 30.0. The van der Waals surface area contributed by atoms with E-state index in [1.54, 1.807) is 6.92 Å². The van der Waals surface area contributed by atoms with E-state index < -0.39 is 6.10 Å². The molecule has 1 N–H and O–H groups in total. The van der Waals surface area contributed by atoms with Crippen molar-refractivity contribution in [2.24, 2.45) is 5.92 Å². The molecular weight excluding hydrogens is 120 g/mol. The van der Waals surface area contributed by atoms with Gasteiger partial charge in [0.15, 0.2) is 0 Å². The van der Waals surface area contributed by atoms with Gasteiger partial charge in [0.1, 0.15) is 0 Å². The first-order valence-electron chi connectivity index (χ1n) is 3.04. The van der Waals surface area contributed by atoms with Crippen LogP contribution >= 0.6 is 0 Å². The molecule has 0 aromatic rings. The van der Waals surface area contributed by atoms with Crippen molar-refractivity contribution in [1.29, 1.82) is 0 Å². The topological polar surface area (TPSA) is 46.5 Å². The van der Waals surface area contributed by atoms with Gasteiger partial charge < -0.3 is 9.84 Å². The van der Waals surface area contributed by atoms with Crippen LogP contribution in [0, 0.1) is 5.92 Å². The monoisotopic (exact) mass is 130 g/mol. The van der Waals surface area contributed by atoms with Gasteiger partial charge in [-0.25, -0.2) is 0 Å². The van der Waals surface area contributed by atoms with Gasteiger partial charge in [0.2, 0.25) is 0 Å². The van der Waals surface area contributed by atoms with E-state index in [-0.39, 0.29) is 11.9 Å². The Morgan fingerprint density at radius 1 is 1.89 bits per heavy atom. The van der Waals surface area contributed by atoms with E-state index in [9.17, 15) is 4.79 Å². The summed E-state index contributed by atoms with van der Waals surface area (Å²) in [7, 11) is 0. The summed E-state index contributed by atoms with van der Waals surface area (Å²) in [5.41, 5.74) is 0. The summed E-state index contributed by atoms with van der Waals surface area (Å²) < 4.78 is 4.63. The number of rotatable bonds is 1. The summed E-state index contributed by atoms with van der Waals surface area (Å²) in [5, 5.41) is 8.94. The van der Waals surface area contributed by atoms with Crippen LogP contribution in [0.2, 0.25) is 0 Å². The Balaban J connectivity index is 2.39. The summed E-state index contributed by atoms with van der Waals surface area (Å²) in [6.07, 6.45) is -0.0473. The molecule has 1 rings (SSSR count). The number of aliphatic hydroxyl groups excluding tert-OH is 1. The van der Waals surface area contributed by atoms with Crippen molar-refractivity contribution in [3.05, 3.63) is 0 Å². The lowest BCUT2D eigenvalue weighted by Gasteiger charge is -2.07. The number of hydrogen-bond acceptors (Lipinski definition) is 3. The van der Waals surface area contributed by atoms with Crippen LogP contribution in [-0.2, 0) is 9.53 Å². The van der Waals surface area contributed by atoms with E-state index in [4.69, 9.17) is 5.11 Å². The Kier molecular flexibility index (Phi) is 1.71. The molecule has 1 aliphatic rings. The standard InChI is InChI=1S/C6H10O3/c1-4(7)5-2-6(8)9-3-5/h4-5,7H,2-3H2,1H3/t4-,5+/m0/s1. The lowest BCUT2D eigenvalue weighted by molar-refractivity contribution is -0.137. The lowest BCUT2D eigenvalue weighted by atomic mass is 10.0. The molecule has 0 radical (unpaired) electrons. The predicted octanol–water partition coefficient (Wildman–Crippen LogP) is -0.0697. The zero-order chi connectivity index (χ0) is 6.85. The van der Waals surface area contributed by atoms with Crippen LogP contribution in [0.5, 0.6) is 0 Å². The second-order valence-electron chi connectivity index (χ2n) is 2.39. The third-order valence-electron chi connectivity index (χ3n) is 1.57. The van der Waals surface area contributed by atoms with Crippen LogP contribution in [0.25, 0.3) is 0 Å². The van der Waals surface area contributed by atoms with Crippen LogP contribution < -0.4 is 0 Å². The van der Waals surface area contributed by atoms with Gasteiger partial charge >= 0.3 is 5.97 Å². The van der Waals surface area contributed by atoms with Crippen LogP contribution in [-0.4, -0.2) is 23.8 Å². The smallest absolute Gasteiger partial charge is 0.306 e. The van der Waals surface area contributed by atoms with Crippen molar-refractivity contribution in [1.82, 2.24) is 0 Å². The highest BCUT2D eigenvalue weighted by atomic mass is 16.5. The summed E-state index contributed by atoms with van der Waals surface area (Å²) in [5.74, 6) is -0.168. The van der Waals surface area contributed by atoms with Crippen molar-refractivity contribution in [3.63, 3.8) is 0 Å². The molecule has 0 bridgehead atoms. The minimum absolute atomic E-state index is 0.0255. The molecule has 1 aliphatic heterocycles. The van der Waals surface area contributed by atoms with Gasteiger partial charge in [-0.05, 0) is 6.92 Å². The van der Waals surface area contributed by atoms with Gasteiger partial charge in [-0.15, -0.1) is 0 Å². The molecular formula is C6H10O3. The number of cyclic esters (lactones) is 1. The highest BCUT2D eigenvalue weighted by molar-refractivity contribution is 5.71. The fourth-order valence-electron chi connectivity index (χ4n) is 0.842. The van der Waals surface area contributed by atoms with Crippen LogP contribution in [0.1, 0.15) is 13.3 Å².